The predicted molar refractivity (Wildman–Crippen MR) is 85.0 cm³/mol. The topological polar surface area (TPSA) is 17.1 Å². The summed E-state index contributed by atoms with van der Waals surface area (Å²) in [5.74, 6) is 0.817. The molecule has 0 saturated carbocycles. The van der Waals surface area contributed by atoms with E-state index in [1.165, 1.54) is 23.1 Å². The van der Waals surface area contributed by atoms with Crippen LogP contribution in [0.25, 0.3) is 11.1 Å². The first-order chi connectivity index (χ1) is 9.60. The molecule has 2 aromatic carbocycles. The van der Waals surface area contributed by atoms with Gasteiger partial charge in [-0.15, -0.1) is 0 Å². The first-order valence-electron chi connectivity index (χ1n) is 7.29. The lowest BCUT2D eigenvalue weighted by Crippen LogP contribution is -1.95. The highest BCUT2D eigenvalue weighted by Gasteiger charge is 2.04. The van der Waals surface area contributed by atoms with Gasteiger partial charge in [-0.1, -0.05) is 62.4 Å². The van der Waals surface area contributed by atoms with Crippen molar-refractivity contribution < 1.29 is 4.79 Å². The number of rotatable bonds is 5. The van der Waals surface area contributed by atoms with E-state index >= 15 is 0 Å². The van der Waals surface area contributed by atoms with Gasteiger partial charge in [0.25, 0.3) is 0 Å². The lowest BCUT2D eigenvalue weighted by atomic mass is 9.95. The molecule has 0 aliphatic heterocycles. The van der Waals surface area contributed by atoms with Crippen LogP contribution in [0, 0.1) is 0 Å². The zero-order chi connectivity index (χ0) is 14.5. The van der Waals surface area contributed by atoms with Gasteiger partial charge < -0.3 is 0 Å². The zero-order valence-corrected chi connectivity index (χ0v) is 12.5. The molecule has 0 amide bonds. The van der Waals surface area contributed by atoms with Crippen molar-refractivity contribution in [2.75, 3.05) is 0 Å². The van der Waals surface area contributed by atoms with Crippen molar-refractivity contribution in [2.45, 2.75) is 39.5 Å². The fraction of sp³-hybridized carbons (Fsp3) is 0.316. The van der Waals surface area contributed by atoms with Crippen LogP contribution in [0.1, 0.15) is 44.2 Å². The summed E-state index contributed by atoms with van der Waals surface area (Å²) < 4.78 is 0. The Hall–Kier alpha value is -1.89. The molecule has 104 valence electrons. The predicted octanol–water partition coefficient (Wildman–Crippen LogP) is 5.00. The highest BCUT2D eigenvalue weighted by molar-refractivity contribution is 5.78. The molecule has 2 aromatic rings. The highest BCUT2D eigenvalue weighted by Crippen LogP contribution is 2.24. The average molecular weight is 266 g/mol. The summed E-state index contributed by atoms with van der Waals surface area (Å²) in [7, 11) is 0. The van der Waals surface area contributed by atoms with Gasteiger partial charge in [0.15, 0.2) is 0 Å². The van der Waals surface area contributed by atoms with Crippen molar-refractivity contribution in [1.29, 1.82) is 0 Å². The second-order valence-corrected chi connectivity index (χ2v) is 5.51. The molecular formula is C19H22O. The van der Waals surface area contributed by atoms with Crippen molar-refractivity contribution >= 4 is 5.78 Å². The molecule has 1 unspecified atom stereocenters. The molecule has 0 saturated heterocycles. The molecule has 20 heavy (non-hydrogen) atoms. The molecule has 1 heteroatoms. The van der Waals surface area contributed by atoms with Gasteiger partial charge >= 0.3 is 0 Å². The van der Waals surface area contributed by atoms with E-state index in [9.17, 15) is 4.79 Å². The van der Waals surface area contributed by atoms with E-state index in [4.69, 9.17) is 0 Å². The van der Waals surface area contributed by atoms with Gasteiger partial charge in [0, 0.05) is 6.42 Å². The van der Waals surface area contributed by atoms with Crippen molar-refractivity contribution in [2.24, 2.45) is 0 Å². The Morgan fingerprint density at radius 1 is 0.950 bits per heavy atom. The number of benzene rings is 2. The largest absolute Gasteiger partial charge is 0.300 e. The monoisotopic (exact) mass is 266 g/mol. The van der Waals surface area contributed by atoms with Crippen molar-refractivity contribution in [1.82, 2.24) is 0 Å². The van der Waals surface area contributed by atoms with E-state index in [0.717, 1.165) is 5.56 Å². The van der Waals surface area contributed by atoms with Crippen LogP contribution in [0.2, 0.25) is 0 Å². The number of hydrogen-bond donors (Lipinski definition) is 0. The Morgan fingerprint density at radius 3 is 1.90 bits per heavy atom. The molecule has 0 radical (unpaired) electrons. The lowest BCUT2D eigenvalue weighted by molar-refractivity contribution is -0.116. The zero-order valence-electron chi connectivity index (χ0n) is 12.5. The number of carbonyl (C=O) groups is 1. The van der Waals surface area contributed by atoms with Gasteiger partial charge in [-0.05, 0) is 41.5 Å². The Morgan fingerprint density at radius 2 is 1.45 bits per heavy atom. The maximum absolute atomic E-state index is 11.1. The van der Waals surface area contributed by atoms with E-state index in [1.54, 1.807) is 6.92 Å². The van der Waals surface area contributed by atoms with Crippen LogP contribution in [-0.2, 0) is 11.2 Å². The van der Waals surface area contributed by atoms with Gasteiger partial charge in [0.1, 0.15) is 5.78 Å². The van der Waals surface area contributed by atoms with Crippen LogP contribution < -0.4 is 0 Å². The molecule has 0 spiro atoms. The second kappa shape index (κ2) is 6.51. The Balaban J connectivity index is 2.17. The number of ketones is 1. The van der Waals surface area contributed by atoms with Gasteiger partial charge in [-0.3, -0.25) is 4.79 Å². The molecule has 0 heterocycles. The Bertz CT molecular complexity index is 564. The van der Waals surface area contributed by atoms with E-state index in [1.807, 2.05) is 12.1 Å². The molecule has 0 aromatic heterocycles. The summed E-state index contributed by atoms with van der Waals surface area (Å²) in [5, 5.41) is 0. The van der Waals surface area contributed by atoms with Gasteiger partial charge in [0.2, 0.25) is 0 Å². The van der Waals surface area contributed by atoms with E-state index in [2.05, 4.69) is 50.2 Å². The number of hydrogen-bond acceptors (Lipinski definition) is 1. The van der Waals surface area contributed by atoms with Gasteiger partial charge in [-0.25, -0.2) is 0 Å². The smallest absolute Gasteiger partial charge is 0.134 e. The summed E-state index contributed by atoms with van der Waals surface area (Å²) in [4.78, 5) is 11.1. The number of Topliss-reactive ketones (excluding diaryl/α,β-unsaturated/α-hetero) is 1. The van der Waals surface area contributed by atoms with Gasteiger partial charge in [0.05, 0.1) is 0 Å². The Labute approximate surface area is 121 Å². The van der Waals surface area contributed by atoms with Crippen LogP contribution in [0.3, 0.4) is 0 Å². The number of carbonyl (C=O) groups excluding carboxylic acids is 1. The van der Waals surface area contributed by atoms with Crippen molar-refractivity contribution in [3.8, 4) is 11.1 Å². The van der Waals surface area contributed by atoms with Crippen LogP contribution in [0.5, 0.6) is 0 Å². The summed E-state index contributed by atoms with van der Waals surface area (Å²) in [5.41, 5.74) is 4.90. The third kappa shape index (κ3) is 3.57. The lowest BCUT2D eigenvalue weighted by Gasteiger charge is -2.10. The molecule has 2 rings (SSSR count). The maximum Gasteiger partial charge on any atom is 0.134 e. The average Bonchev–Trinajstić information content (AvgIpc) is 2.47. The fourth-order valence-electron chi connectivity index (χ4n) is 2.34. The third-order valence-electron chi connectivity index (χ3n) is 3.83. The molecular weight excluding hydrogens is 244 g/mol. The van der Waals surface area contributed by atoms with Crippen molar-refractivity contribution in [3.63, 3.8) is 0 Å². The summed E-state index contributed by atoms with van der Waals surface area (Å²) in [6, 6.07) is 17.1. The molecule has 0 N–H and O–H groups in total. The first kappa shape index (κ1) is 14.5. The normalized spacial score (nSPS) is 12.2. The Kier molecular flexibility index (Phi) is 4.73. The van der Waals surface area contributed by atoms with Crippen LogP contribution in [-0.4, -0.2) is 5.78 Å². The first-order valence-corrected chi connectivity index (χ1v) is 7.29. The van der Waals surface area contributed by atoms with E-state index < -0.39 is 0 Å². The highest BCUT2D eigenvalue weighted by atomic mass is 16.1. The summed E-state index contributed by atoms with van der Waals surface area (Å²) >= 11 is 0. The molecule has 0 aliphatic rings. The molecule has 1 nitrogen and oxygen atoms in total. The van der Waals surface area contributed by atoms with Crippen molar-refractivity contribution in [3.05, 3.63) is 59.7 Å². The molecule has 0 fully saturated rings. The second-order valence-electron chi connectivity index (χ2n) is 5.51. The maximum atomic E-state index is 11.1. The fourth-order valence-corrected chi connectivity index (χ4v) is 2.34. The third-order valence-corrected chi connectivity index (χ3v) is 3.83. The standard InChI is InChI=1S/C19H22O/c1-4-14(2)17-9-11-19(12-10-17)18-7-5-16(6-8-18)13-15(3)20/h5-12,14H,4,13H2,1-3H3. The summed E-state index contributed by atoms with van der Waals surface area (Å²) in [6.45, 7) is 6.10. The van der Waals surface area contributed by atoms with Crippen LogP contribution in [0.4, 0.5) is 0 Å². The van der Waals surface area contributed by atoms with E-state index in [0.29, 0.717) is 12.3 Å². The minimum absolute atomic E-state index is 0.204. The summed E-state index contributed by atoms with van der Waals surface area (Å²) in [6.07, 6.45) is 1.69. The molecule has 0 aliphatic carbocycles. The van der Waals surface area contributed by atoms with Crippen LogP contribution >= 0.6 is 0 Å². The van der Waals surface area contributed by atoms with Gasteiger partial charge in [-0.2, -0.15) is 0 Å². The quantitative estimate of drug-likeness (QED) is 0.744. The van der Waals surface area contributed by atoms with E-state index in [-0.39, 0.29) is 5.78 Å². The SMILES string of the molecule is CCC(C)c1ccc(-c2ccc(CC(C)=O)cc2)cc1. The molecule has 1 atom stereocenters. The minimum Gasteiger partial charge on any atom is -0.300 e. The minimum atomic E-state index is 0.204. The molecule has 0 bridgehead atoms. The van der Waals surface area contributed by atoms with Crippen LogP contribution in [0.15, 0.2) is 48.5 Å².